The number of halogens is 2. The summed E-state index contributed by atoms with van der Waals surface area (Å²) in [7, 11) is 4.85. The summed E-state index contributed by atoms with van der Waals surface area (Å²) in [6.07, 6.45) is 3.68. The quantitative estimate of drug-likeness (QED) is 0.659. The first-order chi connectivity index (χ1) is 15.7. The molecule has 2 unspecified atom stereocenters. The predicted molar refractivity (Wildman–Crippen MR) is 124 cm³/mol. The smallest absolute Gasteiger partial charge is 0.253 e. The third-order valence-corrected chi connectivity index (χ3v) is 4.57. The van der Waals surface area contributed by atoms with Crippen molar-refractivity contribution in [2.24, 2.45) is 0 Å². The van der Waals surface area contributed by atoms with Crippen molar-refractivity contribution in [3.05, 3.63) is 53.9 Å². The molecule has 1 saturated heterocycles. The van der Waals surface area contributed by atoms with Gasteiger partial charge in [0.15, 0.2) is 11.6 Å². The number of nitrogens with one attached hydrogen (secondary N) is 2. The minimum Gasteiger partial charge on any atom is -0.494 e. The molecule has 1 aliphatic heterocycles. The van der Waals surface area contributed by atoms with Crippen molar-refractivity contribution in [1.29, 1.82) is 0 Å². The Labute approximate surface area is 194 Å². The zero-order valence-corrected chi connectivity index (χ0v) is 20.2. The molecule has 2 N–H and O–H groups in total. The van der Waals surface area contributed by atoms with Crippen molar-refractivity contribution in [1.82, 2.24) is 10.3 Å². The summed E-state index contributed by atoms with van der Waals surface area (Å²) in [5.74, 6) is -1.97. The van der Waals surface area contributed by atoms with Crippen molar-refractivity contribution in [3.63, 3.8) is 0 Å². The van der Waals surface area contributed by atoms with Gasteiger partial charge in [-0.25, -0.2) is 4.39 Å². The largest absolute Gasteiger partial charge is 0.494 e. The molecule has 1 fully saturated rings. The van der Waals surface area contributed by atoms with Crippen molar-refractivity contribution in [2.45, 2.75) is 58.5 Å². The van der Waals surface area contributed by atoms with Crippen LogP contribution in [0.15, 0.2) is 36.5 Å². The molecular weight excluding hydrogens is 432 g/mol. The second-order valence-corrected chi connectivity index (χ2v) is 7.61. The van der Waals surface area contributed by atoms with Crippen molar-refractivity contribution < 1.29 is 27.8 Å². The molecule has 1 aromatic carbocycles. The van der Waals surface area contributed by atoms with E-state index in [0.717, 1.165) is 30.3 Å². The van der Waals surface area contributed by atoms with Gasteiger partial charge < -0.3 is 24.8 Å². The Kier molecular flexibility index (Phi) is 13.1. The average Bonchev–Trinajstić information content (AvgIpc) is 3.23. The van der Waals surface area contributed by atoms with E-state index < -0.39 is 11.6 Å². The zero-order valence-electron chi connectivity index (χ0n) is 20.2. The number of pyridine rings is 1. The Bertz CT molecular complexity index is 852. The Balaban J connectivity index is 0.000000304. The summed E-state index contributed by atoms with van der Waals surface area (Å²) in [6.45, 7) is 6.67. The number of aromatic nitrogens is 1. The van der Waals surface area contributed by atoms with Crippen molar-refractivity contribution in [3.8, 4) is 5.75 Å². The number of nitrogens with zero attached hydrogens (tertiary/aromatic N) is 1. The fourth-order valence-electron chi connectivity index (χ4n) is 2.69. The van der Waals surface area contributed by atoms with Gasteiger partial charge >= 0.3 is 0 Å². The van der Waals surface area contributed by atoms with Gasteiger partial charge in [0.25, 0.3) is 5.91 Å². The van der Waals surface area contributed by atoms with E-state index in [1.165, 1.54) is 19.2 Å². The number of amides is 1. The van der Waals surface area contributed by atoms with Gasteiger partial charge in [-0.3, -0.25) is 9.78 Å². The molecule has 0 radical (unpaired) electrons. The number of carbonyl (C=O) groups is 1. The normalized spacial score (nSPS) is 16.9. The summed E-state index contributed by atoms with van der Waals surface area (Å²) in [5.41, 5.74) is 1.67. The van der Waals surface area contributed by atoms with Crippen LogP contribution in [0.4, 0.5) is 14.5 Å². The molecule has 33 heavy (non-hydrogen) atoms. The van der Waals surface area contributed by atoms with Crippen LogP contribution < -0.4 is 15.4 Å². The molecule has 1 aromatic heterocycles. The summed E-state index contributed by atoms with van der Waals surface area (Å²) in [6, 6.07) is 7.44. The lowest BCUT2D eigenvalue weighted by molar-refractivity contribution is -0.126. The fourth-order valence-corrected chi connectivity index (χ4v) is 2.69. The highest BCUT2D eigenvalue weighted by molar-refractivity contribution is 5.94. The molecule has 0 saturated carbocycles. The zero-order chi connectivity index (χ0) is 24.8. The number of hydrogen-bond donors (Lipinski definition) is 2. The van der Waals surface area contributed by atoms with Crippen LogP contribution in [-0.2, 0) is 20.8 Å². The maximum atomic E-state index is 12.5. The van der Waals surface area contributed by atoms with Gasteiger partial charge in [-0.1, -0.05) is 6.07 Å². The van der Waals surface area contributed by atoms with Crippen LogP contribution >= 0.6 is 0 Å². The van der Waals surface area contributed by atoms with E-state index in [1.54, 1.807) is 19.4 Å². The maximum Gasteiger partial charge on any atom is 0.253 e. The maximum absolute atomic E-state index is 12.5. The van der Waals surface area contributed by atoms with Gasteiger partial charge in [0, 0.05) is 25.5 Å². The predicted octanol–water partition coefficient (Wildman–Crippen LogP) is 4.32. The van der Waals surface area contributed by atoms with Crippen LogP contribution in [0.5, 0.6) is 5.75 Å². The molecule has 9 heteroatoms. The molecule has 7 nitrogen and oxygen atoms in total. The van der Waals surface area contributed by atoms with Crippen LogP contribution in [0, 0.1) is 11.6 Å². The number of carbonyl (C=O) groups excluding carboxylic acids is 1. The van der Waals surface area contributed by atoms with E-state index in [0.29, 0.717) is 12.6 Å². The van der Waals surface area contributed by atoms with Gasteiger partial charge in [0.1, 0.15) is 6.10 Å². The summed E-state index contributed by atoms with van der Waals surface area (Å²) in [5, 5.41) is 5.90. The number of methoxy groups -OCH3 is 2. The third kappa shape index (κ3) is 10.7. The topological polar surface area (TPSA) is 81.7 Å². The molecule has 2 aromatic rings. The second kappa shape index (κ2) is 15.3. The molecule has 3 rings (SSSR count). The van der Waals surface area contributed by atoms with E-state index in [4.69, 9.17) is 9.47 Å². The molecule has 0 bridgehead atoms. The van der Waals surface area contributed by atoms with Crippen LogP contribution in [-0.4, -0.2) is 50.5 Å². The summed E-state index contributed by atoms with van der Waals surface area (Å²) >= 11 is 0. The van der Waals surface area contributed by atoms with Crippen LogP contribution in [0.1, 0.15) is 39.3 Å². The fraction of sp³-hybridized carbons (Fsp3) is 0.500. The molecule has 2 heterocycles. The number of hydrogen-bond acceptors (Lipinski definition) is 6. The number of ether oxygens (including phenoxy) is 3. The number of rotatable bonds is 6. The minimum atomic E-state index is -0.940. The molecule has 1 aliphatic rings. The van der Waals surface area contributed by atoms with Gasteiger partial charge in [-0.15, -0.1) is 0 Å². The molecule has 1 amide bonds. The summed E-state index contributed by atoms with van der Waals surface area (Å²) in [4.78, 5) is 16.2. The van der Waals surface area contributed by atoms with E-state index >= 15 is 0 Å². The van der Waals surface area contributed by atoms with Crippen molar-refractivity contribution >= 4 is 11.6 Å². The lowest BCUT2D eigenvalue weighted by Crippen LogP contribution is -2.27. The Morgan fingerprint density at radius 3 is 2.45 bits per heavy atom. The van der Waals surface area contributed by atoms with Crippen LogP contribution in [0.2, 0.25) is 0 Å². The molecular formula is C24H35F2N3O4. The molecule has 0 aliphatic carbocycles. The first-order valence-electron chi connectivity index (χ1n) is 10.8. The van der Waals surface area contributed by atoms with E-state index in [9.17, 15) is 13.6 Å². The first kappa shape index (κ1) is 28.4. The number of anilines is 1. The standard InChI is InChI=1S/C13H19N3O2.C7H6F2O.C4H10O/c1-9-3-4-12(18-9)13(17)16-10-5-6-15-11(7-10)8-14-2;1-10-6-4-2-3-5(8)7(6)9;1-4(2)5-3/h5-7,9,12,14H,3-4,8H2,1-2H3,(H,15,16,17);2-4H,1H3;4H,1-3H3. The Morgan fingerprint density at radius 1 is 1.24 bits per heavy atom. The van der Waals surface area contributed by atoms with Crippen LogP contribution in [0.25, 0.3) is 0 Å². The third-order valence-electron chi connectivity index (χ3n) is 4.57. The van der Waals surface area contributed by atoms with E-state index in [2.05, 4.69) is 20.4 Å². The highest BCUT2D eigenvalue weighted by atomic mass is 19.2. The monoisotopic (exact) mass is 467 g/mol. The van der Waals surface area contributed by atoms with E-state index in [-0.39, 0.29) is 23.9 Å². The minimum absolute atomic E-state index is 0.0686. The lowest BCUT2D eigenvalue weighted by atomic mass is 10.2. The van der Waals surface area contributed by atoms with Gasteiger partial charge in [-0.2, -0.15) is 4.39 Å². The van der Waals surface area contributed by atoms with E-state index in [1.807, 2.05) is 33.9 Å². The second-order valence-electron chi connectivity index (χ2n) is 7.61. The number of benzene rings is 1. The summed E-state index contributed by atoms with van der Waals surface area (Å²) < 4.78 is 39.6. The van der Waals surface area contributed by atoms with Gasteiger partial charge in [-0.05, 0) is 64.9 Å². The van der Waals surface area contributed by atoms with Crippen LogP contribution in [0.3, 0.4) is 0 Å². The Morgan fingerprint density at radius 2 is 1.94 bits per heavy atom. The molecule has 2 atom stereocenters. The highest BCUT2D eigenvalue weighted by Gasteiger charge is 2.28. The van der Waals surface area contributed by atoms with Gasteiger partial charge in [0.2, 0.25) is 5.82 Å². The molecule has 184 valence electrons. The van der Waals surface area contributed by atoms with Crippen molar-refractivity contribution in [2.75, 3.05) is 26.6 Å². The van der Waals surface area contributed by atoms with Gasteiger partial charge in [0.05, 0.1) is 25.0 Å². The molecule has 0 spiro atoms. The average molecular weight is 468 g/mol. The first-order valence-corrected chi connectivity index (χ1v) is 10.8. The SMILES string of the molecule is CNCc1cc(NC(=O)C2CCC(C)O2)ccn1.COC(C)C.COc1cccc(F)c1F. The lowest BCUT2D eigenvalue weighted by Gasteiger charge is -2.12. The highest BCUT2D eigenvalue weighted by Crippen LogP contribution is 2.21. The Hall–Kier alpha value is -2.62.